The van der Waals surface area contributed by atoms with Gasteiger partial charge in [0.05, 0.1) is 35.9 Å². The maximum atomic E-state index is 13.3. The number of carbonyl (C=O) groups is 2. The minimum atomic E-state index is -4.53. The third kappa shape index (κ3) is 14.2. The number of pyridine rings is 2. The van der Waals surface area contributed by atoms with Crippen LogP contribution in [0.4, 0.5) is 37.7 Å². The summed E-state index contributed by atoms with van der Waals surface area (Å²) in [5.41, 5.74) is 5.14. The van der Waals surface area contributed by atoms with Gasteiger partial charge in [-0.1, -0.05) is 135 Å². The SMILES string of the molecule is CC1=C(/C=C/C(C)=C/C=C/C(C)=C/C=C/C=C(C)/C=C/C=C(C)/C=C/C2=C(C)C(=O)C(Nc3ccc(C(F)(F)F)nc3)CC2(C)C)C(C)(C)CC(Nc2ccc(C(F)(F)F)nc2)C1=O. The topological polar surface area (TPSA) is 84.0 Å². The van der Waals surface area contributed by atoms with Crippen LogP contribution in [0.5, 0.6) is 0 Å². The van der Waals surface area contributed by atoms with Gasteiger partial charge < -0.3 is 10.6 Å². The first kappa shape index (κ1) is 50.6. The fourth-order valence-corrected chi connectivity index (χ4v) is 7.63. The standard InChI is InChI=1S/C52H58F6N4O2/c1-33(17-13-19-35(3)21-25-41-37(5)47(63)43(29-49(41,7)8)61-39-23-27-45(59-31-39)51(53,54)55)15-11-12-16-34(2)18-14-20-36(4)22-26-42-38(6)48(64)44(30-50(42,9)10)62-40-24-28-46(60-32-40)52(56,57)58/h11-28,31-32,43-44,61-62H,29-30H2,1-10H3/b12-11+,17-13+,18-14+,25-21+,26-22+,33-15+,34-16+,35-19+,36-20+. The predicted octanol–water partition coefficient (Wildman–Crippen LogP) is 14.0. The van der Waals surface area contributed by atoms with E-state index in [1.807, 2.05) is 140 Å². The quantitative estimate of drug-likeness (QED) is 0.145. The Bertz CT molecular complexity index is 2230. The van der Waals surface area contributed by atoms with E-state index in [2.05, 4.69) is 20.6 Å². The molecular formula is C52H58F6N4O2. The van der Waals surface area contributed by atoms with Crippen LogP contribution < -0.4 is 10.6 Å². The maximum absolute atomic E-state index is 13.3. The number of Topliss-reactive ketones (excluding diaryl/α,β-unsaturated/α-hetero) is 2. The van der Waals surface area contributed by atoms with E-state index in [4.69, 9.17) is 0 Å². The van der Waals surface area contributed by atoms with Gasteiger partial charge in [-0.3, -0.25) is 9.59 Å². The molecule has 340 valence electrons. The average molecular weight is 885 g/mol. The van der Waals surface area contributed by atoms with E-state index >= 15 is 0 Å². The first-order valence-electron chi connectivity index (χ1n) is 21.0. The molecule has 0 bridgehead atoms. The molecule has 0 radical (unpaired) electrons. The van der Waals surface area contributed by atoms with E-state index in [0.717, 1.165) is 58.0 Å². The maximum Gasteiger partial charge on any atom is 0.433 e. The van der Waals surface area contributed by atoms with E-state index in [0.29, 0.717) is 35.4 Å². The summed E-state index contributed by atoms with van der Waals surface area (Å²) in [5.74, 6) is -0.205. The van der Waals surface area contributed by atoms with Gasteiger partial charge in [0.1, 0.15) is 11.4 Å². The molecule has 0 aromatic carbocycles. The van der Waals surface area contributed by atoms with Crippen LogP contribution in [0.1, 0.15) is 93.5 Å². The smallest absolute Gasteiger partial charge is 0.374 e. The van der Waals surface area contributed by atoms with Gasteiger partial charge in [0.15, 0.2) is 11.6 Å². The first-order chi connectivity index (χ1) is 29.8. The molecule has 2 aromatic rings. The number of hydrogen-bond donors (Lipinski definition) is 2. The monoisotopic (exact) mass is 884 g/mol. The highest BCUT2D eigenvalue weighted by atomic mass is 19.4. The van der Waals surface area contributed by atoms with Crippen LogP contribution in [0.3, 0.4) is 0 Å². The number of allylic oxidation sites excluding steroid dienone is 20. The van der Waals surface area contributed by atoms with Crippen LogP contribution >= 0.6 is 0 Å². The number of nitrogens with one attached hydrogen (secondary N) is 2. The van der Waals surface area contributed by atoms with Crippen molar-refractivity contribution in [3.05, 3.63) is 178 Å². The molecule has 0 saturated carbocycles. The lowest BCUT2D eigenvalue weighted by Gasteiger charge is -2.37. The Hall–Kier alpha value is -6.04. The average Bonchev–Trinajstić information content (AvgIpc) is 3.19. The molecule has 0 fully saturated rings. The summed E-state index contributed by atoms with van der Waals surface area (Å²) in [6.45, 7) is 19.7. The lowest BCUT2D eigenvalue weighted by Crippen LogP contribution is -2.40. The van der Waals surface area contributed by atoms with Crippen LogP contribution in [0.15, 0.2) is 166 Å². The molecule has 6 nitrogen and oxygen atoms in total. The Morgan fingerprint density at radius 3 is 1.20 bits per heavy atom. The van der Waals surface area contributed by atoms with Crippen molar-refractivity contribution >= 4 is 22.9 Å². The number of alkyl halides is 6. The molecule has 2 aromatic heterocycles. The van der Waals surface area contributed by atoms with Gasteiger partial charge in [0, 0.05) is 0 Å². The molecule has 2 aliphatic rings. The van der Waals surface area contributed by atoms with Gasteiger partial charge in [0.25, 0.3) is 0 Å². The van der Waals surface area contributed by atoms with Gasteiger partial charge in [0.2, 0.25) is 0 Å². The molecule has 2 N–H and O–H groups in total. The zero-order valence-electron chi connectivity index (χ0n) is 38.1. The van der Waals surface area contributed by atoms with E-state index < -0.39 is 35.8 Å². The summed E-state index contributed by atoms with van der Waals surface area (Å²) in [6, 6.07) is 3.22. The molecule has 2 heterocycles. The summed E-state index contributed by atoms with van der Waals surface area (Å²) in [4.78, 5) is 33.6. The van der Waals surface area contributed by atoms with Crippen LogP contribution in [0, 0.1) is 10.8 Å². The van der Waals surface area contributed by atoms with Crippen LogP contribution in [0.2, 0.25) is 0 Å². The van der Waals surface area contributed by atoms with Gasteiger partial charge in [-0.2, -0.15) is 26.3 Å². The van der Waals surface area contributed by atoms with Crippen molar-refractivity contribution in [3.63, 3.8) is 0 Å². The fraction of sp³-hybridized carbons (Fsp3) is 0.346. The van der Waals surface area contributed by atoms with Crippen molar-refractivity contribution in [1.82, 2.24) is 9.97 Å². The molecule has 0 saturated heterocycles. The summed E-state index contributed by atoms with van der Waals surface area (Å²) in [7, 11) is 0. The summed E-state index contributed by atoms with van der Waals surface area (Å²) >= 11 is 0. The Kier molecular flexibility index (Phi) is 16.7. The minimum Gasteiger partial charge on any atom is -0.374 e. The molecule has 64 heavy (non-hydrogen) atoms. The molecule has 2 aliphatic carbocycles. The zero-order chi connectivity index (χ0) is 47.6. The summed E-state index contributed by atoms with van der Waals surface area (Å²) in [5, 5.41) is 6.15. The van der Waals surface area contributed by atoms with E-state index in [1.54, 1.807) is 13.8 Å². The zero-order valence-corrected chi connectivity index (χ0v) is 38.1. The second-order valence-electron chi connectivity index (χ2n) is 17.6. The molecule has 0 amide bonds. The van der Waals surface area contributed by atoms with Crippen LogP contribution in [0.25, 0.3) is 0 Å². The number of hydrogen-bond acceptors (Lipinski definition) is 6. The highest BCUT2D eigenvalue weighted by Gasteiger charge is 2.40. The lowest BCUT2D eigenvalue weighted by molar-refractivity contribution is -0.141. The number of halogens is 6. The number of anilines is 2. The van der Waals surface area contributed by atoms with Crippen molar-refractivity contribution in [2.24, 2.45) is 10.8 Å². The Morgan fingerprint density at radius 1 is 0.562 bits per heavy atom. The normalized spacial score (nSPS) is 20.9. The van der Waals surface area contributed by atoms with Crippen LogP contribution in [-0.4, -0.2) is 33.6 Å². The largest absolute Gasteiger partial charge is 0.433 e. The Balaban J connectivity index is 1.29. The molecular weight excluding hydrogens is 827 g/mol. The van der Waals surface area contributed by atoms with Gasteiger partial charge >= 0.3 is 12.4 Å². The molecule has 2 atom stereocenters. The number of aromatic nitrogens is 2. The van der Waals surface area contributed by atoms with Gasteiger partial charge in [-0.05, 0) is 112 Å². The third-order valence-corrected chi connectivity index (χ3v) is 11.1. The highest BCUT2D eigenvalue weighted by Crippen LogP contribution is 2.42. The minimum absolute atomic E-state index is 0.103. The fourth-order valence-electron chi connectivity index (χ4n) is 7.63. The van der Waals surface area contributed by atoms with Crippen LogP contribution in [-0.2, 0) is 21.9 Å². The van der Waals surface area contributed by atoms with E-state index in [1.165, 1.54) is 12.1 Å². The van der Waals surface area contributed by atoms with Gasteiger partial charge in [-0.15, -0.1) is 0 Å². The lowest BCUT2D eigenvalue weighted by atomic mass is 9.70. The first-order valence-corrected chi connectivity index (χ1v) is 21.0. The number of rotatable bonds is 14. The number of nitrogens with zero attached hydrogens (tertiary/aromatic N) is 2. The third-order valence-electron chi connectivity index (χ3n) is 11.1. The van der Waals surface area contributed by atoms with Gasteiger partial charge in [-0.25, -0.2) is 9.97 Å². The molecule has 0 spiro atoms. The van der Waals surface area contributed by atoms with Crippen molar-refractivity contribution < 1.29 is 35.9 Å². The molecule has 2 unspecified atom stereocenters. The van der Waals surface area contributed by atoms with Crippen molar-refractivity contribution in [1.29, 1.82) is 0 Å². The predicted molar refractivity (Wildman–Crippen MR) is 246 cm³/mol. The Labute approximate surface area is 373 Å². The second kappa shape index (κ2) is 21.1. The summed E-state index contributed by atoms with van der Waals surface area (Å²) in [6.07, 6.45) is 21.8. The molecule has 0 aliphatic heterocycles. The number of carbonyl (C=O) groups excluding carboxylic acids is 2. The van der Waals surface area contributed by atoms with Crippen molar-refractivity contribution in [2.75, 3.05) is 10.6 Å². The summed E-state index contributed by atoms with van der Waals surface area (Å²) < 4.78 is 77.6. The Morgan fingerprint density at radius 2 is 0.891 bits per heavy atom. The van der Waals surface area contributed by atoms with Crippen molar-refractivity contribution in [3.8, 4) is 0 Å². The molecule has 4 rings (SSSR count). The van der Waals surface area contributed by atoms with E-state index in [-0.39, 0.29) is 22.4 Å². The highest BCUT2D eigenvalue weighted by molar-refractivity contribution is 6.03. The number of ketones is 2. The van der Waals surface area contributed by atoms with Crippen molar-refractivity contribution in [2.45, 2.75) is 107 Å². The second-order valence-corrected chi connectivity index (χ2v) is 17.6. The molecule has 12 heteroatoms. The van der Waals surface area contributed by atoms with E-state index in [9.17, 15) is 35.9 Å².